The van der Waals surface area contributed by atoms with Crippen LogP contribution >= 0.6 is 11.6 Å². The molecule has 2 aliphatic heterocycles. The van der Waals surface area contributed by atoms with Crippen LogP contribution in [0.3, 0.4) is 0 Å². The predicted octanol–water partition coefficient (Wildman–Crippen LogP) is 4.60. The Kier molecular flexibility index (Phi) is 5.38. The molecule has 2 aromatic rings. The highest BCUT2D eigenvalue weighted by Gasteiger charge is 2.38. The van der Waals surface area contributed by atoms with E-state index in [1.165, 1.54) is 0 Å². The summed E-state index contributed by atoms with van der Waals surface area (Å²) in [5.41, 5.74) is 1.76. The van der Waals surface area contributed by atoms with Crippen LogP contribution in [0.5, 0.6) is 0 Å². The third kappa shape index (κ3) is 3.90. The Balaban J connectivity index is 1.68. The third-order valence-electron chi connectivity index (χ3n) is 6.06. The lowest BCUT2D eigenvalue weighted by atomic mass is 9.84. The Morgan fingerprint density at radius 2 is 2.07 bits per heavy atom. The lowest BCUT2D eigenvalue weighted by Crippen LogP contribution is -2.59. The third-order valence-corrected chi connectivity index (χ3v) is 6.36. The van der Waals surface area contributed by atoms with Gasteiger partial charge in [0.05, 0.1) is 28.5 Å². The number of ether oxygens (including phenoxy) is 1. The summed E-state index contributed by atoms with van der Waals surface area (Å²) in [5.74, 6) is 0. The molecule has 2 atom stereocenters. The van der Waals surface area contributed by atoms with Gasteiger partial charge in [-0.05, 0) is 36.8 Å². The second kappa shape index (κ2) is 7.69. The molecule has 2 fully saturated rings. The number of nitrogens with zero attached hydrogens (tertiary/aromatic N) is 4. The van der Waals surface area contributed by atoms with E-state index in [2.05, 4.69) is 36.8 Å². The van der Waals surface area contributed by atoms with Crippen LogP contribution in [0.2, 0.25) is 5.02 Å². The van der Waals surface area contributed by atoms with Crippen molar-refractivity contribution in [3.8, 4) is 0 Å². The maximum Gasteiger partial charge on any atom is 0.407 e. The Labute approximate surface area is 176 Å². The molecule has 29 heavy (non-hydrogen) atoms. The van der Waals surface area contributed by atoms with Crippen LogP contribution in [-0.2, 0) is 4.74 Å². The molecular formula is C21H29ClN4O3. The summed E-state index contributed by atoms with van der Waals surface area (Å²) in [6, 6.07) is 3.92. The molecule has 4 rings (SSSR count). The summed E-state index contributed by atoms with van der Waals surface area (Å²) >= 11 is 6.65. The van der Waals surface area contributed by atoms with Crippen LogP contribution in [0.15, 0.2) is 18.3 Å². The summed E-state index contributed by atoms with van der Waals surface area (Å²) in [7, 11) is 0. The van der Waals surface area contributed by atoms with Crippen molar-refractivity contribution in [2.24, 2.45) is 5.41 Å². The minimum atomic E-state index is -0.862. The van der Waals surface area contributed by atoms with Crippen molar-refractivity contribution in [3.63, 3.8) is 0 Å². The molecule has 0 radical (unpaired) electrons. The van der Waals surface area contributed by atoms with Gasteiger partial charge in [-0.3, -0.25) is 0 Å². The number of amides is 1. The van der Waals surface area contributed by atoms with Gasteiger partial charge in [-0.15, -0.1) is 0 Å². The Morgan fingerprint density at radius 3 is 2.72 bits per heavy atom. The molecule has 0 saturated carbocycles. The maximum absolute atomic E-state index is 11.7. The number of halogens is 1. The first-order valence-electron chi connectivity index (χ1n) is 10.3. The lowest BCUT2D eigenvalue weighted by molar-refractivity contribution is -0.0366. The van der Waals surface area contributed by atoms with E-state index in [1.54, 1.807) is 4.90 Å². The standard InChI is InChI=1S/C21H29ClN4O3/c1-21(2,3)18-13-24(7-8-25(18)20(27)28)17-11-16-14(10-15(17)22)12-23-26(16)19-6-4-5-9-29-19/h10-12,18-19H,4-9,13H2,1-3H3,(H,27,28). The fourth-order valence-corrected chi connectivity index (χ4v) is 4.71. The van der Waals surface area contributed by atoms with Crippen LogP contribution in [0, 0.1) is 5.41 Å². The predicted molar refractivity (Wildman–Crippen MR) is 114 cm³/mol. The molecule has 0 bridgehead atoms. The van der Waals surface area contributed by atoms with Gasteiger partial charge in [-0.25, -0.2) is 9.48 Å². The first kappa shape index (κ1) is 20.3. The average Bonchev–Trinajstić information content (AvgIpc) is 3.09. The topological polar surface area (TPSA) is 70.8 Å². The van der Waals surface area contributed by atoms with Gasteiger partial charge < -0.3 is 19.6 Å². The molecule has 1 aromatic carbocycles. The van der Waals surface area contributed by atoms with Gasteiger partial charge in [-0.2, -0.15) is 5.10 Å². The smallest absolute Gasteiger partial charge is 0.407 e. The monoisotopic (exact) mass is 420 g/mol. The van der Waals surface area contributed by atoms with Crippen LogP contribution < -0.4 is 4.90 Å². The Bertz CT molecular complexity index is 901. The second-order valence-corrected chi connectivity index (χ2v) is 9.48. The van der Waals surface area contributed by atoms with Crippen molar-refractivity contribution < 1.29 is 14.6 Å². The molecular weight excluding hydrogens is 392 g/mol. The van der Waals surface area contributed by atoms with Crippen LogP contribution in [0.25, 0.3) is 10.9 Å². The number of carbonyl (C=O) groups is 1. The maximum atomic E-state index is 11.7. The van der Waals surface area contributed by atoms with Gasteiger partial charge in [0.2, 0.25) is 0 Å². The summed E-state index contributed by atoms with van der Waals surface area (Å²) < 4.78 is 7.89. The van der Waals surface area contributed by atoms with E-state index in [4.69, 9.17) is 16.3 Å². The van der Waals surface area contributed by atoms with Gasteiger partial charge in [0, 0.05) is 31.6 Å². The number of anilines is 1. The number of fused-ring (bicyclic) bond motifs is 1. The number of hydrogen-bond donors (Lipinski definition) is 1. The molecule has 2 unspecified atom stereocenters. The average molecular weight is 421 g/mol. The highest BCUT2D eigenvalue weighted by atomic mass is 35.5. The van der Waals surface area contributed by atoms with E-state index in [9.17, 15) is 9.90 Å². The number of piperazine rings is 1. The molecule has 1 amide bonds. The fourth-order valence-electron chi connectivity index (χ4n) is 4.42. The zero-order valence-electron chi connectivity index (χ0n) is 17.3. The molecule has 0 spiro atoms. The number of aromatic nitrogens is 2. The molecule has 2 aliphatic rings. The van der Waals surface area contributed by atoms with E-state index >= 15 is 0 Å². The first-order chi connectivity index (χ1) is 13.8. The van der Waals surface area contributed by atoms with Gasteiger partial charge in [-0.1, -0.05) is 32.4 Å². The Morgan fingerprint density at radius 1 is 1.28 bits per heavy atom. The van der Waals surface area contributed by atoms with Crippen molar-refractivity contribution in [1.82, 2.24) is 14.7 Å². The van der Waals surface area contributed by atoms with Gasteiger partial charge in [0.15, 0.2) is 6.23 Å². The minimum absolute atomic E-state index is 0.0403. The number of benzene rings is 1. The van der Waals surface area contributed by atoms with Crippen LogP contribution in [-0.4, -0.2) is 58.2 Å². The molecule has 2 saturated heterocycles. The molecule has 0 aliphatic carbocycles. The van der Waals surface area contributed by atoms with Gasteiger partial charge >= 0.3 is 6.09 Å². The fraction of sp³-hybridized carbons (Fsp3) is 0.619. The van der Waals surface area contributed by atoms with Gasteiger partial charge in [0.1, 0.15) is 0 Å². The second-order valence-electron chi connectivity index (χ2n) is 9.08. The highest BCUT2D eigenvalue weighted by Crippen LogP contribution is 2.36. The zero-order valence-corrected chi connectivity index (χ0v) is 18.0. The summed E-state index contributed by atoms with van der Waals surface area (Å²) in [4.78, 5) is 15.5. The zero-order chi connectivity index (χ0) is 20.8. The van der Waals surface area contributed by atoms with Crippen molar-refractivity contribution in [3.05, 3.63) is 23.4 Å². The van der Waals surface area contributed by atoms with E-state index in [0.717, 1.165) is 42.5 Å². The van der Waals surface area contributed by atoms with E-state index in [0.29, 0.717) is 24.7 Å². The van der Waals surface area contributed by atoms with Crippen molar-refractivity contribution in [2.75, 3.05) is 31.1 Å². The molecule has 8 heteroatoms. The quantitative estimate of drug-likeness (QED) is 0.768. The Hall–Kier alpha value is -1.99. The first-order valence-corrected chi connectivity index (χ1v) is 10.7. The minimum Gasteiger partial charge on any atom is -0.465 e. The molecule has 7 nitrogen and oxygen atoms in total. The lowest BCUT2D eigenvalue weighted by Gasteiger charge is -2.46. The van der Waals surface area contributed by atoms with E-state index in [1.807, 2.05) is 16.9 Å². The summed E-state index contributed by atoms with van der Waals surface area (Å²) in [6.07, 6.45) is 4.12. The molecule has 1 N–H and O–H groups in total. The number of carboxylic acid groups (broad SMARTS) is 1. The summed E-state index contributed by atoms with van der Waals surface area (Å²) in [5, 5.41) is 15.9. The van der Waals surface area contributed by atoms with Crippen LogP contribution in [0.4, 0.5) is 10.5 Å². The number of hydrogen-bond acceptors (Lipinski definition) is 4. The largest absolute Gasteiger partial charge is 0.465 e. The normalized spacial score (nSPS) is 23.6. The highest BCUT2D eigenvalue weighted by molar-refractivity contribution is 6.34. The van der Waals surface area contributed by atoms with Crippen molar-refractivity contribution >= 4 is 34.3 Å². The van der Waals surface area contributed by atoms with E-state index in [-0.39, 0.29) is 17.7 Å². The van der Waals surface area contributed by atoms with Crippen LogP contribution in [0.1, 0.15) is 46.3 Å². The van der Waals surface area contributed by atoms with E-state index < -0.39 is 6.09 Å². The molecule has 3 heterocycles. The number of rotatable bonds is 2. The SMILES string of the molecule is CC(C)(C)C1CN(c2cc3c(cnn3C3CCCCO3)cc2Cl)CCN1C(=O)O. The molecule has 1 aromatic heterocycles. The van der Waals surface area contributed by atoms with Crippen molar-refractivity contribution in [2.45, 2.75) is 52.3 Å². The van der Waals surface area contributed by atoms with Gasteiger partial charge in [0.25, 0.3) is 0 Å². The summed E-state index contributed by atoms with van der Waals surface area (Å²) in [6.45, 7) is 8.67. The molecule has 158 valence electrons. The van der Waals surface area contributed by atoms with Crippen molar-refractivity contribution in [1.29, 1.82) is 0 Å².